The van der Waals surface area contributed by atoms with E-state index in [1.165, 1.54) is 50.2 Å². The van der Waals surface area contributed by atoms with Crippen molar-refractivity contribution in [2.45, 2.75) is 51.4 Å². The van der Waals surface area contributed by atoms with E-state index in [9.17, 15) is 13.6 Å². The SMILES string of the molecule is CCC[C@H]1CC[C@H](c2ccc(-c3ccc(F)c(F)c3OC(=O)O)cc2)CC1. The van der Waals surface area contributed by atoms with Gasteiger partial charge in [0, 0.05) is 5.56 Å². The summed E-state index contributed by atoms with van der Waals surface area (Å²) in [5, 5.41) is 8.82. The Labute approximate surface area is 158 Å². The predicted octanol–water partition coefficient (Wildman–Crippen LogP) is 6.76. The minimum absolute atomic E-state index is 0.217. The van der Waals surface area contributed by atoms with Gasteiger partial charge in [0.2, 0.25) is 5.82 Å². The fourth-order valence-corrected chi connectivity index (χ4v) is 4.07. The molecule has 0 unspecified atom stereocenters. The van der Waals surface area contributed by atoms with Gasteiger partial charge in [-0.2, -0.15) is 4.39 Å². The standard InChI is InChI=1S/C22H24F2O3/c1-2-3-14-4-6-15(7-5-14)16-8-10-17(11-9-16)18-12-13-19(23)20(24)21(18)27-22(25)26/h8-15H,2-7H2,1H3,(H,25,26)/t14-,15-. The molecule has 0 atom stereocenters. The van der Waals surface area contributed by atoms with Crippen LogP contribution in [0.2, 0.25) is 0 Å². The summed E-state index contributed by atoms with van der Waals surface area (Å²) < 4.78 is 32.0. The van der Waals surface area contributed by atoms with E-state index in [2.05, 4.69) is 11.7 Å². The molecule has 2 aromatic rings. The van der Waals surface area contributed by atoms with Crippen molar-refractivity contribution in [3.05, 3.63) is 53.6 Å². The third kappa shape index (κ3) is 4.46. The minimum atomic E-state index is -1.68. The van der Waals surface area contributed by atoms with Crippen molar-refractivity contribution in [2.24, 2.45) is 5.92 Å². The summed E-state index contributed by atoms with van der Waals surface area (Å²) in [4.78, 5) is 10.8. The van der Waals surface area contributed by atoms with E-state index < -0.39 is 23.5 Å². The van der Waals surface area contributed by atoms with Crippen LogP contribution in [0.15, 0.2) is 36.4 Å². The quantitative estimate of drug-likeness (QED) is 0.464. The molecule has 0 aromatic heterocycles. The largest absolute Gasteiger partial charge is 0.511 e. The molecule has 0 heterocycles. The molecule has 2 aromatic carbocycles. The van der Waals surface area contributed by atoms with Gasteiger partial charge in [0.05, 0.1) is 0 Å². The van der Waals surface area contributed by atoms with Crippen LogP contribution in [0.5, 0.6) is 5.75 Å². The van der Waals surface area contributed by atoms with Crippen LogP contribution >= 0.6 is 0 Å². The summed E-state index contributed by atoms with van der Waals surface area (Å²) in [5.41, 5.74) is 2.04. The molecule has 1 aliphatic carbocycles. The van der Waals surface area contributed by atoms with Crippen molar-refractivity contribution in [2.75, 3.05) is 0 Å². The molecule has 1 saturated carbocycles. The lowest BCUT2D eigenvalue weighted by atomic mass is 9.77. The van der Waals surface area contributed by atoms with E-state index >= 15 is 0 Å². The maximum atomic E-state index is 14.0. The van der Waals surface area contributed by atoms with Crippen LogP contribution in [0, 0.1) is 17.6 Å². The fraction of sp³-hybridized carbons (Fsp3) is 0.409. The molecule has 0 amide bonds. The average Bonchev–Trinajstić information content (AvgIpc) is 2.67. The average molecular weight is 374 g/mol. The summed E-state index contributed by atoms with van der Waals surface area (Å²) in [5.74, 6) is -1.69. The normalized spacial score (nSPS) is 19.7. The van der Waals surface area contributed by atoms with E-state index in [-0.39, 0.29) is 5.56 Å². The summed E-state index contributed by atoms with van der Waals surface area (Å²) >= 11 is 0. The number of halogens is 2. The van der Waals surface area contributed by atoms with Crippen LogP contribution in [-0.2, 0) is 0 Å². The third-order valence-corrected chi connectivity index (χ3v) is 5.48. The summed E-state index contributed by atoms with van der Waals surface area (Å²) in [6, 6.07) is 9.92. The van der Waals surface area contributed by atoms with Gasteiger partial charge in [-0.1, -0.05) is 44.0 Å². The number of carboxylic acid groups (broad SMARTS) is 1. The molecule has 0 spiro atoms. The second-order valence-electron chi connectivity index (χ2n) is 7.23. The van der Waals surface area contributed by atoms with Crippen LogP contribution < -0.4 is 4.74 Å². The predicted molar refractivity (Wildman–Crippen MR) is 100 cm³/mol. The van der Waals surface area contributed by atoms with Crippen molar-refractivity contribution in [3.8, 4) is 16.9 Å². The molecule has 0 aliphatic heterocycles. The van der Waals surface area contributed by atoms with E-state index in [0.717, 1.165) is 12.0 Å². The number of rotatable bonds is 5. The third-order valence-electron chi connectivity index (χ3n) is 5.48. The molecule has 1 N–H and O–H groups in total. The molecule has 3 rings (SSSR count). The molecule has 0 bridgehead atoms. The molecule has 27 heavy (non-hydrogen) atoms. The summed E-state index contributed by atoms with van der Waals surface area (Å²) in [6.45, 7) is 2.23. The second kappa shape index (κ2) is 8.51. The molecule has 3 nitrogen and oxygen atoms in total. The Balaban J connectivity index is 1.80. The minimum Gasteiger partial charge on any atom is -0.449 e. The van der Waals surface area contributed by atoms with Gasteiger partial charge >= 0.3 is 6.16 Å². The van der Waals surface area contributed by atoms with Crippen LogP contribution in [0.1, 0.15) is 56.9 Å². The monoisotopic (exact) mass is 374 g/mol. The van der Waals surface area contributed by atoms with Gasteiger partial charge in [-0.15, -0.1) is 0 Å². The lowest BCUT2D eigenvalue weighted by Crippen LogP contribution is -2.13. The van der Waals surface area contributed by atoms with Gasteiger partial charge in [0.1, 0.15) is 0 Å². The highest BCUT2D eigenvalue weighted by Gasteiger charge is 2.23. The first-order valence-electron chi connectivity index (χ1n) is 9.48. The van der Waals surface area contributed by atoms with Gasteiger partial charge in [0.25, 0.3) is 0 Å². The lowest BCUT2D eigenvalue weighted by molar-refractivity contribution is 0.142. The molecule has 0 radical (unpaired) electrons. The first kappa shape index (κ1) is 19.3. The smallest absolute Gasteiger partial charge is 0.449 e. The highest BCUT2D eigenvalue weighted by Crippen LogP contribution is 2.39. The molecule has 1 fully saturated rings. The van der Waals surface area contributed by atoms with Crippen LogP contribution in [0.25, 0.3) is 11.1 Å². The van der Waals surface area contributed by atoms with Gasteiger partial charge < -0.3 is 9.84 Å². The van der Waals surface area contributed by atoms with Crippen molar-refractivity contribution < 1.29 is 23.4 Å². The van der Waals surface area contributed by atoms with Crippen molar-refractivity contribution in [1.82, 2.24) is 0 Å². The zero-order chi connectivity index (χ0) is 19.4. The van der Waals surface area contributed by atoms with E-state index in [1.807, 2.05) is 24.3 Å². The van der Waals surface area contributed by atoms with Gasteiger partial charge in [0.15, 0.2) is 11.6 Å². The Morgan fingerprint density at radius 1 is 1.07 bits per heavy atom. The van der Waals surface area contributed by atoms with Crippen molar-refractivity contribution in [3.63, 3.8) is 0 Å². The van der Waals surface area contributed by atoms with Crippen LogP contribution in [-0.4, -0.2) is 11.3 Å². The first-order chi connectivity index (χ1) is 13.0. The fourth-order valence-electron chi connectivity index (χ4n) is 4.07. The first-order valence-corrected chi connectivity index (χ1v) is 9.48. The molecule has 0 saturated heterocycles. The highest BCUT2D eigenvalue weighted by atomic mass is 19.2. The zero-order valence-electron chi connectivity index (χ0n) is 15.4. The summed E-state index contributed by atoms with van der Waals surface area (Å²) in [6.07, 6.45) is 5.69. The second-order valence-corrected chi connectivity index (χ2v) is 7.23. The Morgan fingerprint density at radius 3 is 2.33 bits per heavy atom. The maximum absolute atomic E-state index is 14.0. The molecule has 144 valence electrons. The summed E-state index contributed by atoms with van der Waals surface area (Å²) in [7, 11) is 0. The Hall–Kier alpha value is -2.43. The van der Waals surface area contributed by atoms with Crippen molar-refractivity contribution in [1.29, 1.82) is 0 Å². The van der Waals surface area contributed by atoms with Crippen molar-refractivity contribution >= 4 is 6.16 Å². The number of hydrogen-bond donors (Lipinski definition) is 1. The van der Waals surface area contributed by atoms with E-state index in [0.29, 0.717) is 11.5 Å². The lowest BCUT2D eigenvalue weighted by Gasteiger charge is -2.28. The highest BCUT2D eigenvalue weighted by molar-refractivity contribution is 5.74. The topological polar surface area (TPSA) is 46.5 Å². The molecular weight excluding hydrogens is 350 g/mol. The van der Waals surface area contributed by atoms with E-state index in [4.69, 9.17) is 5.11 Å². The van der Waals surface area contributed by atoms with Gasteiger partial charge in [-0.05, 0) is 60.8 Å². The zero-order valence-corrected chi connectivity index (χ0v) is 15.4. The molecular formula is C22H24F2O3. The number of benzene rings is 2. The Kier molecular flexibility index (Phi) is 6.09. The number of ether oxygens (including phenoxy) is 1. The van der Waals surface area contributed by atoms with E-state index in [1.54, 1.807) is 0 Å². The molecule has 5 heteroatoms. The van der Waals surface area contributed by atoms with Crippen LogP contribution in [0.4, 0.5) is 13.6 Å². The van der Waals surface area contributed by atoms with Gasteiger partial charge in [-0.3, -0.25) is 0 Å². The molecule has 1 aliphatic rings. The Morgan fingerprint density at radius 2 is 1.74 bits per heavy atom. The maximum Gasteiger partial charge on any atom is 0.511 e. The Bertz CT molecular complexity index is 794. The number of carbonyl (C=O) groups is 1. The van der Waals surface area contributed by atoms with Crippen LogP contribution in [0.3, 0.4) is 0 Å². The number of hydrogen-bond acceptors (Lipinski definition) is 2. The van der Waals surface area contributed by atoms with Gasteiger partial charge in [-0.25, -0.2) is 9.18 Å².